The molecule has 0 spiro atoms. The predicted octanol–water partition coefficient (Wildman–Crippen LogP) is 2.55. The van der Waals surface area contributed by atoms with Crippen molar-refractivity contribution < 1.29 is 9.05 Å². The van der Waals surface area contributed by atoms with Gasteiger partial charge in [0.15, 0.2) is 5.82 Å². The van der Waals surface area contributed by atoms with E-state index in [1.165, 1.54) is 0 Å². The summed E-state index contributed by atoms with van der Waals surface area (Å²) in [5.41, 5.74) is 0.843. The summed E-state index contributed by atoms with van der Waals surface area (Å²) < 4.78 is 10.8. The zero-order valence-corrected chi connectivity index (χ0v) is 13.4. The molecular formula is C16H18N6O2. The largest absolute Gasteiger partial charge is 0.338 e. The molecule has 8 nitrogen and oxygen atoms in total. The lowest BCUT2D eigenvalue weighted by atomic mass is 10.0. The van der Waals surface area contributed by atoms with Gasteiger partial charge >= 0.3 is 0 Å². The van der Waals surface area contributed by atoms with Gasteiger partial charge in [0.2, 0.25) is 17.6 Å². The van der Waals surface area contributed by atoms with Gasteiger partial charge in [-0.05, 0) is 38.4 Å². The first kappa shape index (κ1) is 14.9. The van der Waals surface area contributed by atoms with Crippen LogP contribution in [0.25, 0.3) is 11.4 Å². The van der Waals surface area contributed by atoms with Gasteiger partial charge in [-0.2, -0.15) is 9.97 Å². The number of piperidine rings is 1. The molecule has 0 amide bonds. The second-order valence-electron chi connectivity index (χ2n) is 5.92. The summed E-state index contributed by atoms with van der Waals surface area (Å²) in [5.74, 6) is 2.46. The minimum absolute atomic E-state index is 0.105. The number of rotatable bonds is 4. The van der Waals surface area contributed by atoms with Crippen LogP contribution in [0.5, 0.6) is 0 Å². The third-order valence-electron chi connectivity index (χ3n) is 4.17. The molecule has 0 bridgehead atoms. The molecule has 1 atom stereocenters. The van der Waals surface area contributed by atoms with Crippen molar-refractivity contribution in [3.05, 3.63) is 42.1 Å². The number of aromatic nitrogens is 5. The molecule has 0 unspecified atom stereocenters. The van der Waals surface area contributed by atoms with E-state index in [4.69, 9.17) is 9.05 Å². The van der Waals surface area contributed by atoms with Crippen molar-refractivity contribution in [2.45, 2.75) is 38.8 Å². The number of aryl methyl sites for hydroxylation is 1. The molecule has 124 valence electrons. The van der Waals surface area contributed by atoms with Crippen LogP contribution >= 0.6 is 0 Å². The van der Waals surface area contributed by atoms with Gasteiger partial charge < -0.3 is 9.05 Å². The van der Waals surface area contributed by atoms with Crippen LogP contribution < -0.4 is 0 Å². The van der Waals surface area contributed by atoms with Gasteiger partial charge in [0.1, 0.15) is 0 Å². The molecule has 1 aliphatic heterocycles. The van der Waals surface area contributed by atoms with Gasteiger partial charge in [-0.25, -0.2) is 0 Å². The standard InChI is InChI=1S/C16H18N6O2/c1-11-18-16(24-20-11)13-6-2-3-8-22(13)10-14-19-15(21-23-14)12-5-4-7-17-9-12/h4-5,7,9,13H,2-3,6,8,10H2,1H3/t13-/m0/s1. The summed E-state index contributed by atoms with van der Waals surface area (Å²) in [6.07, 6.45) is 6.71. The molecule has 3 aromatic rings. The quantitative estimate of drug-likeness (QED) is 0.722. The van der Waals surface area contributed by atoms with Gasteiger partial charge in [0, 0.05) is 18.0 Å². The van der Waals surface area contributed by atoms with Crippen LogP contribution in [0.3, 0.4) is 0 Å². The molecule has 0 N–H and O–H groups in total. The first-order valence-electron chi connectivity index (χ1n) is 8.07. The van der Waals surface area contributed by atoms with Crippen molar-refractivity contribution in [1.29, 1.82) is 0 Å². The Bertz CT molecular complexity index is 800. The third-order valence-corrected chi connectivity index (χ3v) is 4.17. The maximum absolute atomic E-state index is 5.41. The van der Waals surface area contributed by atoms with E-state index in [-0.39, 0.29) is 6.04 Å². The van der Waals surface area contributed by atoms with Crippen LogP contribution in [0.2, 0.25) is 0 Å². The summed E-state index contributed by atoms with van der Waals surface area (Å²) in [6, 6.07) is 3.87. The molecule has 1 fully saturated rings. The zero-order valence-electron chi connectivity index (χ0n) is 13.4. The van der Waals surface area contributed by atoms with E-state index in [1.54, 1.807) is 12.4 Å². The number of hydrogen-bond acceptors (Lipinski definition) is 8. The zero-order chi connectivity index (χ0) is 16.4. The fraction of sp³-hybridized carbons (Fsp3) is 0.438. The van der Waals surface area contributed by atoms with Crippen molar-refractivity contribution in [2.24, 2.45) is 0 Å². The van der Waals surface area contributed by atoms with Crippen LogP contribution in [0.15, 0.2) is 33.6 Å². The molecule has 0 saturated carbocycles. The Balaban J connectivity index is 1.52. The predicted molar refractivity (Wildman–Crippen MR) is 83.6 cm³/mol. The van der Waals surface area contributed by atoms with E-state index >= 15 is 0 Å². The van der Waals surface area contributed by atoms with Crippen molar-refractivity contribution >= 4 is 0 Å². The summed E-state index contributed by atoms with van der Waals surface area (Å²) in [4.78, 5) is 15.2. The van der Waals surface area contributed by atoms with Gasteiger partial charge in [0.05, 0.1) is 12.6 Å². The molecular weight excluding hydrogens is 308 g/mol. The fourth-order valence-electron chi connectivity index (χ4n) is 3.01. The molecule has 24 heavy (non-hydrogen) atoms. The highest BCUT2D eigenvalue weighted by atomic mass is 16.5. The summed E-state index contributed by atoms with van der Waals surface area (Å²) in [5, 5.41) is 7.96. The van der Waals surface area contributed by atoms with Gasteiger partial charge in [-0.15, -0.1) is 0 Å². The van der Waals surface area contributed by atoms with Crippen molar-refractivity contribution in [1.82, 2.24) is 30.2 Å². The Morgan fingerprint density at radius 2 is 2.17 bits per heavy atom. The van der Waals surface area contributed by atoms with E-state index in [0.29, 0.717) is 30.0 Å². The second kappa shape index (κ2) is 6.48. The minimum atomic E-state index is 0.105. The van der Waals surface area contributed by atoms with Crippen LogP contribution in [0, 0.1) is 6.92 Å². The molecule has 4 rings (SSSR count). The molecule has 1 saturated heterocycles. The van der Waals surface area contributed by atoms with Gasteiger partial charge in [-0.3, -0.25) is 9.88 Å². The Morgan fingerprint density at radius 1 is 1.21 bits per heavy atom. The monoisotopic (exact) mass is 326 g/mol. The molecule has 4 heterocycles. The van der Waals surface area contributed by atoms with E-state index in [2.05, 4.69) is 30.2 Å². The second-order valence-corrected chi connectivity index (χ2v) is 5.92. The number of nitrogens with zero attached hydrogens (tertiary/aromatic N) is 6. The highest BCUT2D eigenvalue weighted by molar-refractivity contribution is 5.51. The highest BCUT2D eigenvalue weighted by Crippen LogP contribution is 2.31. The Kier molecular flexibility index (Phi) is 4.04. The summed E-state index contributed by atoms with van der Waals surface area (Å²) in [7, 11) is 0. The van der Waals surface area contributed by atoms with E-state index in [0.717, 1.165) is 31.4 Å². The molecule has 1 aliphatic rings. The number of likely N-dealkylation sites (tertiary alicyclic amines) is 1. The molecule has 0 radical (unpaired) electrons. The van der Waals surface area contributed by atoms with Crippen molar-refractivity contribution in [3.63, 3.8) is 0 Å². The third kappa shape index (κ3) is 3.05. The number of pyridine rings is 1. The normalized spacial score (nSPS) is 18.8. The van der Waals surface area contributed by atoms with E-state index in [1.807, 2.05) is 19.1 Å². The van der Waals surface area contributed by atoms with Crippen LogP contribution in [-0.4, -0.2) is 36.7 Å². The Hall–Kier alpha value is -2.61. The minimum Gasteiger partial charge on any atom is -0.338 e. The summed E-state index contributed by atoms with van der Waals surface area (Å²) >= 11 is 0. The molecule has 0 aliphatic carbocycles. The molecule has 8 heteroatoms. The molecule has 0 aromatic carbocycles. The first-order chi connectivity index (χ1) is 11.8. The SMILES string of the molecule is Cc1noc([C@@H]2CCCCN2Cc2nc(-c3cccnc3)no2)n1. The topological polar surface area (TPSA) is 94.0 Å². The maximum Gasteiger partial charge on any atom is 0.243 e. The fourth-order valence-corrected chi connectivity index (χ4v) is 3.01. The van der Waals surface area contributed by atoms with Crippen LogP contribution in [-0.2, 0) is 6.54 Å². The van der Waals surface area contributed by atoms with Crippen LogP contribution in [0.4, 0.5) is 0 Å². The van der Waals surface area contributed by atoms with Crippen molar-refractivity contribution in [3.8, 4) is 11.4 Å². The van der Waals surface area contributed by atoms with Gasteiger partial charge in [-0.1, -0.05) is 16.7 Å². The average Bonchev–Trinajstić information content (AvgIpc) is 3.25. The first-order valence-corrected chi connectivity index (χ1v) is 8.07. The smallest absolute Gasteiger partial charge is 0.243 e. The van der Waals surface area contributed by atoms with Crippen molar-refractivity contribution in [2.75, 3.05) is 6.54 Å². The Labute approximate surface area is 138 Å². The molecule has 3 aromatic heterocycles. The van der Waals surface area contributed by atoms with E-state index < -0.39 is 0 Å². The lowest BCUT2D eigenvalue weighted by Crippen LogP contribution is -2.33. The Morgan fingerprint density at radius 3 is 2.96 bits per heavy atom. The average molecular weight is 326 g/mol. The highest BCUT2D eigenvalue weighted by Gasteiger charge is 2.29. The maximum atomic E-state index is 5.41. The lowest BCUT2D eigenvalue weighted by Gasteiger charge is -2.31. The van der Waals surface area contributed by atoms with E-state index in [9.17, 15) is 0 Å². The number of hydrogen-bond donors (Lipinski definition) is 0. The van der Waals surface area contributed by atoms with Gasteiger partial charge in [0.25, 0.3) is 0 Å². The lowest BCUT2D eigenvalue weighted by molar-refractivity contribution is 0.0986. The van der Waals surface area contributed by atoms with Crippen LogP contribution in [0.1, 0.15) is 42.9 Å². The summed E-state index contributed by atoms with van der Waals surface area (Å²) in [6.45, 7) is 3.34.